The second-order valence-electron chi connectivity index (χ2n) is 16.2. The number of hydrogen-bond acceptors (Lipinski definition) is 11. The number of nitrogens with zero attached hydrogens (tertiary/aromatic N) is 8. The summed E-state index contributed by atoms with van der Waals surface area (Å²) in [6, 6.07) is 19.3. The van der Waals surface area contributed by atoms with Crippen molar-refractivity contribution in [2.45, 2.75) is 39.7 Å². The molecule has 3 aliphatic heterocycles. The van der Waals surface area contributed by atoms with Crippen LogP contribution in [-0.2, 0) is 9.47 Å². The molecule has 0 spiro atoms. The minimum atomic E-state index is -0.666. The molecule has 0 saturated carbocycles. The van der Waals surface area contributed by atoms with Crippen LogP contribution in [-0.4, -0.2) is 99.6 Å². The lowest BCUT2D eigenvalue weighted by molar-refractivity contribution is 0.00181. The second kappa shape index (κ2) is 19.3. The van der Waals surface area contributed by atoms with E-state index in [0.29, 0.717) is 29.8 Å². The molecule has 326 valence electrons. The van der Waals surface area contributed by atoms with Crippen molar-refractivity contribution in [1.82, 2.24) is 34.4 Å². The molecule has 3 unspecified atom stereocenters. The van der Waals surface area contributed by atoms with Gasteiger partial charge in [0.25, 0.3) is 0 Å². The van der Waals surface area contributed by atoms with Crippen molar-refractivity contribution in [1.29, 1.82) is 0 Å². The van der Waals surface area contributed by atoms with Gasteiger partial charge in [-0.25, -0.2) is 26.9 Å². The summed E-state index contributed by atoms with van der Waals surface area (Å²) < 4.78 is 67.7. The van der Waals surface area contributed by atoms with Crippen molar-refractivity contribution in [3.63, 3.8) is 0 Å². The van der Waals surface area contributed by atoms with Crippen LogP contribution >= 0.6 is 0 Å². The molecular formula is C45H51F4N11O2. The molecule has 4 aromatic carbocycles. The minimum Gasteiger partial charge on any atom is -0.384 e. The Balaban J connectivity index is 0.000000171. The minimum absolute atomic E-state index is 0.266. The molecule has 0 aliphatic carbocycles. The average molecular weight is 854 g/mol. The Morgan fingerprint density at radius 1 is 0.613 bits per heavy atom. The van der Waals surface area contributed by atoms with E-state index in [1.165, 1.54) is 64.8 Å². The number of nitrogens with one attached hydrogen (secondary N) is 3. The van der Waals surface area contributed by atoms with Gasteiger partial charge in [0.05, 0.1) is 24.6 Å². The van der Waals surface area contributed by atoms with Crippen molar-refractivity contribution in [2.75, 3.05) is 80.0 Å². The van der Waals surface area contributed by atoms with Crippen molar-refractivity contribution >= 4 is 34.6 Å². The first-order valence-electron chi connectivity index (χ1n) is 20.9. The zero-order chi connectivity index (χ0) is 43.2. The Morgan fingerprint density at radius 3 is 1.79 bits per heavy atom. The van der Waals surface area contributed by atoms with Crippen LogP contribution in [0.25, 0.3) is 11.4 Å². The first-order chi connectivity index (χ1) is 30.0. The molecule has 3 atom stereocenters. The van der Waals surface area contributed by atoms with Crippen LogP contribution in [0, 0.1) is 49.0 Å². The maximum atomic E-state index is 13.5. The molecule has 3 saturated heterocycles. The van der Waals surface area contributed by atoms with E-state index in [0.717, 1.165) is 99.5 Å². The van der Waals surface area contributed by atoms with Crippen LogP contribution in [0.4, 0.5) is 52.2 Å². The second-order valence-corrected chi connectivity index (χ2v) is 16.2. The monoisotopic (exact) mass is 853 g/mol. The molecule has 3 aliphatic rings. The quantitative estimate of drug-likeness (QED) is 0.103. The first kappa shape index (κ1) is 42.6. The molecule has 0 bridgehead atoms. The molecule has 2 aromatic heterocycles. The van der Waals surface area contributed by atoms with E-state index in [1.54, 1.807) is 0 Å². The summed E-state index contributed by atoms with van der Waals surface area (Å²) in [7, 11) is 0. The third-order valence-corrected chi connectivity index (χ3v) is 11.3. The largest absolute Gasteiger partial charge is 0.384 e. The van der Waals surface area contributed by atoms with E-state index >= 15 is 0 Å². The zero-order valence-corrected chi connectivity index (χ0v) is 35.0. The third-order valence-electron chi connectivity index (χ3n) is 11.3. The van der Waals surface area contributed by atoms with Gasteiger partial charge >= 0.3 is 0 Å². The van der Waals surface area contributed by atoms with E-state index in [9.17, 15) is 17.6 Å². The van der Waals surface area contributed by atoms with Crippen molar-refractivity contribution in [2.24, 2.45) is 11.8 Å². The highest BCUT2D eigenvalue weighted by atomic mass is 19.1. The van der Waals surface area contributed by atoms with Gasteiger partial charge in [-0.15, -0.1) is 10.2 Å². The summed E-state index contributed by atoms with van der Waals surface area (Å²) in [6.45, 7) is 14.4. The van der Waals surface area contributed by atoms with E-state index in [4.69, 9.17) is 9.47 Å². The predicted molar refractivity (Wildman–Crippen MR) is 231 cm³/mol. The Labute approximate surface area is 358 Å². The molecule has 9 rings (SSSR count). The van der Waals surface area contributed by atoms with Crippen LogP contribution in [0.1, 0.15) is 30.9 Å². The van der Waals surface area contributed by atoms with E-state index in [2.05, 4.69) is 78.0 Å². The standard InChI is InChI=1S/C23H25F2N5O.C22H26F2N6O/c1-15-6-20(11-21(7-15)29-4-2-16(12-29)17-3-5-31-13-17)27-23-26-14-30(28-23)22-9-18(24)8-19(25)10-22;1-15-7-19(25-3-4-29-5-6-31-13-16(29)2)12-20(8-15)27-22-26-14-30(28-22)21-10-17(23)9-18(24)11-21/h6-11,14,16-17H,2-5,12-13H2,1H3,(H,27,28);7-12,14,16,25H,3-6,13H2,1-2H3,(H,27,28). The maximum absolute atomic E-state index is 13.5. The smallest absolute Gasteiger partial charge is 0.246 e. The fourth-order valence-electron chi connectivity index (χ4n) is 8.23. The van der Waals surface area contributed by atoms with Gasteiger partial charge in [-0.1, -0.05) is 0 Å². The van der Waals surface area contributed by atoms with Crippen molar-refractivity contribution in [3.05, 3.63) is 120 Å². The van der Waals surface area contributed by atoms with Gasteiger partial charge in [0.1, 0.15) is 35.9 Å². The summed E-state index contributed by atoms with van der Waals surface area (Å²) >= 11 is 0. The van der Waals surface area contributed by atoms with Gasteiger partial charge in [0, 0.05) is 86.9 Å². The zero-order valence-electron chi connectivity index (χ0n) is 35.0. The topological polar surface area (TPSA) is 122 Å². The van der Waals surface area contributed by atoms with Crippen molar-refractivity contribution in [3.8, 4) is 11.4 Å². The van der Waals surface area contributed by atoms with Gasteiger partial charge in [0.2, 0.25) is 11.9 Å². The summed E-state index contributed by atoms with van der Waals surface area (Å²) in [5.74, 6) is -0.585. The molecule has 13 nitrogen and oxygen atoms in total. The molecule has 62 heavy (non-hydrogen) atoms. The highest BCUT2D eigenvalue weighted by Gasteiger charge is 2.32. The predicted octanol–water partition coefficient (Wildman–Crippen LogP) is 8.19. The summed E-state index contributed by atoms with van der Waals surface area (Å²) in [5.41, 5.74) is 6.64. The molecular weight excluding hydrogens is 803 g/mol. The normalized spacial score (nSPS) is 19.0. The number of anilines is 6. The number of aryl methyl sites for hydroxylation is 2. The van der Waals surface area contributed by atoms with Gasteiger partial charge < -0.3 is 30.3 Å². The summed E-state index contributed by atoms with van der Waals surface area (Å²) in [5, 5.41) is 18.4. The lowest BCUT2D eigenvalue weighted by Gasteiger charge is -2.33. The van der Waals surface area contributed by atoms with E-state index in [-0.39, 0.29) is 11.4 Å². The number of hydrogen-bond donors (Lipinski definition) is 3. The first-order valence-corrected chi connectivity index (χ1v) is 20.9. The van der Waals surface area contributed by atoms with Gasteiger partial charge in [0.15, 0.2) is 0 Å². The molecule has 3 fully saturated rings. The van der Waals surface area contributed by atoms with Gasteiger partial charge in [-0.3, -0.25) is 4.90 Å². The van der Waals surface area contributed by atoms with Crippen LogP contribution in [0.2, 0.25) is 0 Å². The lowest BCUT2D eigenvalue weighted by atomic mass is 9.91. The SMILES string of the molecule is Cc1cc(NCCN2CCOCC2C)cc(Nc2ncn(-c3cc(F)cc(F)c3)n2)c1.Cc1cc(Nc2ncn(-c3cc(F)cc(F)c3)n2)cc(N2CCC(C3CCOC3)C2)c1. The van der Waals surface area contributed by atoms with Crippen molar-refractivity contribution < 1.29 is 27.0 Å². The average Bonchev–Trinajstić information content (AvgIpc) is 4.07. The number of benzene rings is 4. The van der Waals surface area contributed by atoms with Gasteiger partial charge in [-0.05, 0) is 117 Å². The Bertz CT molecular complexity index is 2420. The maximum Gasteiger partial charge on any atom is 0.246 e. The molecule has 17 heteroatoms. The van der Waals surface area contributed by atoms with Crippen LogP contribution in [0.15, 0.2) is 85.5 Å². The molecule has 0 radical (unpaired) electrons. The molecule has 3 N–H and O–H groups in total. The van der Waals surface area contributed by atoms with Crippen LogP contribution in [0.5, 0.6) is 0 Å². The number of halogens is 4. The van der Waals surface area contributed by atoms with E-state index < -0.39 is 23.3 Å². The molecule has 5 heterocycles. The van der Waals surface area contributed by atoms with Crippen LogP contribution < -0.4 is 20.9 Å². The van der Waals surface area contributed by atoms with E-state index in [1.807, 2.05) is 25.1 Å². The molecule has 0 amide bonds. The van der Waals surface area contributed by atoms with Gasteiger partial charge in [-0.2, -0.15) is 9.97 Å². The summed E-state index contributed by atoms with van der Waals surface area (Å²) in [4.78, 5) is 13.3. The Morgan fingerprint density at radius 2 is 1.19 bits per heavy atom. The highest BCUT2D eigenvalue weighted by Crippen LogP contribution is 2.34. The highest BCUT2D eigenvalue weighted by molar-refractivity contribution is 5.65. The fraction of sp³-hybridized carbons (Fsp3) is 0.378. The number of aromatic nitrogens is 6. The summed E-state index contributed by atoms with van der Waals surface area (Å²) in [6.07, 6.45) is 5.21. The number of rotatable bonds is 12. The van der Waals surface area contributed by atoms with Crippen LogP contribution in [0.3, 0.4) is 0 Å². The number of morpholine rings is 1. The lowest BCUT2D eigenvalue weighted by Crippen LogP contribution is -2.45. The molecule has 6 aromatic rings. The Kier molecular flexibility index (Phi) is 13.3. The third kappa shape index (κ3) is 11.1. The Hall–Kier alpha value is -6.04. The fourth-order valence-corrected chi connectivity index (χ4v) is 8.23. The number of ether oxygens (including phenoxy) is 2.